The normalized spacial score (nSPS) is 11.6. The lowest BCUT2D eigenvalue weighted by Crippen LogP contribution is -1.97. The minimum Gasteiger partial charge on any atom is -0.309 e. The van der Waals surface area contributed by atoms with Gasteiger partial charge in [0.25, 0.3) is 0 Å². The van der Waals surface area contributed by atoms with Gasteiger partial charge in [0, 0.05) is 40.8 Å². The highest BCUT2D eigenvalue weighted by Gasteiger charge is 2.16. The minimum atomic E-state index is 0.838. The molecular formula is C42H30N4. The number of hydrogen-bond acceptors (Lipinski definition) is 3. The molecule has 0 aliphatic rings. The smallest absolute Gasteiger partial charge is 0.0899 e. The lowest BCUT2D eigenvalue weighted by molar-refractivity contribution is 1.10. The first-order valence-corrected chi connectivity index (χ1v) is 15.4. The monoisotopic (exact) mass is 590 g/mol. The molecule has 0 atom stereocenters. The van der Waals surface area contributed by atoms with E-state index in [4.69, 9.17) is 4.98 Å². The number of aromatic nitrogens is 4. The Balaban J connectivity index is 1.26. The van der Waals surface area contributed by atoms with Crippen molar-refractivity contribution in [3.05, 3.63) is 158 Å². The van der Waals surface area contributed by atoms with Gasteiger partial charge >= 0.3 is 0 Å². The molecular weight excluding hydrogens is 560 g/mol. The Morgan fingerprint density at radius 1 is 0.630 bits per heavy atom. The molecule has 8 aromatic rings. The van der Waals surface area contributed by atoms with Crippen LogP contribution >= 0.6 is 0 Å². The van der Waals surface area contributed by atoms with Crippen molar-refractivity contribution in [2.75, 3.05) is 0 Å². The summed E-state index contributed by atoms with van der Waals surface area (Å²) >= 11 is 0. The number of pyridine rings is 3. The fraction of sp³-hybridized carbons (Fsp3) is 0.0238. The molecule has 0 radical (unpaired) electrons. The van der Waals surface area contributed by atoms with Gasteiger partial charge in [-0.05, 0) is 94.2 Å². The summed E-state index contributed by atoms with van der Waals surface area (Å²) in [5.74, 6) is 0. The second kappa shape index (κ2) is 11.4. The molecule has 0 aliphatic heterocycles. The molecule has 0 amide bonds. The highest BCUT2D eigenvalue weighted by Crippen LogP contribution is 2.35. The van der Waals surface area contributed by atoms with Gasteiger partial charge in [-0.1, -0.05) is 85.5 Å². The van der Waals surface area contributed by atoms with E-state index in [0.717, 1.165) is 61.6 Å². The van der Waals surface area contributed by atoms with Crippen LogP contribution in [0.4, 0.5) is 0 Å². The molecule has 0 bridgehead atoms. The number of fused-ring (bicyclic) bond motifs is 4. The van der Waals surface area contributed by atoms with Crippen LogP contribution in [-0.4, -0.2) is 19.5 Å². The molecule has 8 rings (SSSR count). The van der Waals surface area contributed by atoms with E-state index in [1.165, 1.54) is 21.5 Å². The van der Waals surface area contributed by atoms with E-state index in [2.05, 4.69) is 130 Å². The summed E-state index contributed by atoms with van der Waals surface area (Å²) < 4.78 is 2.24. The van der Waals surface area contributed by atoms with Gasteiger partial charge in [-0.25, -0.2) is 4.98 Å². The van der Waals surface area contributed by atoms with Gasteiger partial charge in [0.1, 0.15) is 0 Å². The van der Waals surface area contributed by atoms with Crippen LogP contribution in [0.2, 0.25) is 0 Å². The van der Waals surface area contributed by atoms with E-state index in [1.54, 1.807) is 0 Å². The van der Waals surface area contributed by atoms with Gasteiger partial charge < -0.3 is 4.57 Å². The molecule has 0 saturated carbocycles. The topological polar surface area (TPSA) is 43.6 Å². The lowest BCUT2D eigenvalue weighted by atomic mass is 9.96. The van der Waals surface area contributed by atoms with Crippen molar-refractivity contribution in [3.8, 4) is 39.5 Å². The molecule has 0 fully saturated rings. The van der Waals surface area contributed by atoms with Crippen molar-refractivity contribution in [2.45, 2.75) is 6.92 Å². The van der Waals surface area contributed by atoms with Gasteiger partial charge in [0.2, 0.25) is 0 Å². The van der Waals surface area contributed by atoms with Crippen LogP contribution in [0.3, 0.4) is 0 Å². The summed E-state index contributed by atoms with van der Waals surface area (Å²) in [5, 5.41) is 6.07. The summed E-state index contributed by atoms with van der Waals surface area (Å²) in [7, 11) is 0. The van der Waals surface area contributed by atoms with Gasteiger partial charge in [-0.3, -0.25) is 9.97 Å². The summed E-state index contributed by atoms with van der Waals surface area (Å²) in [4.78, 5) is 14.1. The van der Waals surface area contributed by atoms with Crippen molar-refractivity contribution < 1.29 is 0 Å². The van der Waals surface area contributed by atoms with E-state index >= 15 is 0 Å². The third-order valence-corrected chi connectivity index (χ3v) is 8.62. The zero-order valence-corrected chi connectivity index (χ0v) is 25.4. The second-order valence-electron chi connectivity index (χ2n) is 11.3. The average Bonchev–Trinajstić information content (AvgIpc) is 3.44. The maximum atomic E-state index is 5.11. The predicted octanol–water partition coefficient (Wildman–Crippen LogP) is 10.8. The highest BCUT2D eigenvalue weighted by atomic mass is 15.0. The Kier molecular flexibility index (Phi) is 6.81. The molecule has 4 aromatic heterocycles. The molecule has 4 heterocycles. The van der Waals surface area contributed by atoms with Crippen LogP contribution in [0.1, 0.15) is 18.2 Å². The van der Waals surface area contributed by atoms with Crippen LogP contribution in [0.25, 0.3) is 84.1 Å². The fourth-order valence-electron chi connectivity index (χ4n) is 6.46. The third-order valence-electron chi connectivity index (χ3n) is 8.62. The molecule has 0 saturated heterocycles. The fourth-order valence-corrected chi connectivity index (χ4v) is 6.46. The Labute approximate surface area is 267 Å². The molecule has 0 aliphatic carbocycles. The number of rotatable bonds is 6. The van der Waals surface area contributed by atoms with E-state index in [-0.39, 0.29) is 0 Å². The van der Waals surface area contributed by atoms with Crippen molar-refractivity contribution in [2.24, 2.45) is 0 Å². The zero-order chi connectivity index (χ0) is 31.0. The Morgan fingerprint density at radius 3 is 2.24 bits per heavy atom. The first-order chi connectivity index (χ1) is 22.7. The second-order valence-corrected chi connectivity index (χ2v) is 11.3. The molecule has 4 aromatic carbocycles. The Morgan fingerprint density at radius 2 is 1.41 bits per heavy atom. The first kappa shape index (κ1) is 27.4. The standard InChI is InChI=1S/C42H30N4/c1-3-9-36-37-27-43-23-21-42(37)46(41(36)4-2)33-18-15-29(16-19-33)39-25-32(26-40(45-39)38-12-7-8-22-44-38)30-17-20-35-31(24-30)14-13-28-10-5-6-11-34(28)35/h3-27H,2H2,1H3/b9-3-. The predicted molar refractivity (Wildman–Crippen MR) is 193 cm³/mol. The molecule has 4 nitrogen and oxygen atoms in total. The summed E-state index contributed by atoms with van der Waals surface area (Å²) in [6.45, 7) is 6.17. The number of allylic oxidation sites excluding steroid dienone is 1. The lowest BCUT2D eigenvalue weighted by Gasteiger charge is -2.13. The van der Waals surface area contributed by atoms with E-state index in [9.17, 15) is 0 Å². The van der Waals surface area contributed by atoms with E-state index in [1.807, 2.05) is 49.8 Å². The largest absolute Gasteiger partial charge is 0.309 e. The summed E-state index contributed by atoms with van der Waals surface area (Å²) in [6.07, 6.45) is 11.7. The number of benzene rings is 4. The molecule has 218 valence electrons. The first-order valence-electron chi connectivity index (χ1n) is 15.4. The van der Waals surface area contributed by atoms with Crippen LogP contribution in [0, 0.1) is 0 Å². The zero-order valence-electron chi connectivity index (χ0n) is 25.4. The van der Waals surface area contributed by atoms with Gasteiger partial charge in [0.15, 0.2) is 0 Å². The number of nitrogens with zero attached hydrogens (tertiary/aromatic N) is 4. The van der Waals surface area contributed by atoms with Crippen LogP contribution < -0.4 is 0 Å². The quantitative estimate of drug-likeness (QED) is 0.181. The molecule has 0 spiro atoms. The third kappa shape index (κ3) is 4.68. The molecule has 0 unspecified atom stereocenters. The van der Waals surface area contributed by atoms with Crippen molar-refractivity contribution in [1.82, 2.24) is 19.5 Å². The van der Waals surface area contributed by atoms with Gasteiger partial charge in [-0.2, -0.15) is 0 Å². The van der Waals surface area contributed by atoms with E-state index < -0.39 is 0 Å². The van der Waals surface area contributed by atoms with Crippen molar-refractivity contribution in [1.29, 1.82) is 0 Å². The molecule has 4 heteroatoms. The minimum absolute atomic E-state index is 0.838. The van der Waals surface area contributed by atoms with Crippen molar-refractivity contribution >= 4 is 44.6 Å². The van der Waals surface area contributed by atoms with Crippen molar-refractivity contribution in [3.63, 3.8) is 0 Å². The Hall–Kier alpha value is -6.13. The maximum Gasteiger partial charge on any atom is 0.0899 e. The maximum absolute atomic E-state index is 5.11. The van der Waals surface area contributed by atoms with Gasteiger partial charge in [0.05, 0.1) is 28.3 Å². The SMILES string of the molecule is C=Cc1c(/C=C\C)c2cnccc2n1-c1ccc(-c2cc(-c3ccc4c(ccc5ccccc54)c3)cc(-c3ccccn3)n2)cc1. The van der Waals surface area contributed by atoms with E-state index in [0.29, 0.717) is 0 Å². The summed E-state index contributed by atoms with van der Waals surface area (Å²) in [6, 6.07) is 40.6. The average molecular weight is 591 g/mol. The Bertz CT molecular complexity index is 2430. The molecule has 0 N–H and O–H groups in total. The number of hydrogen-bond donors (Lipinski definition) is 0. The van der Waals surface area contributed by atoms with Crippen LogP contribution in [-0.2, 0) is 0 Å². The molecule has 46 heavy (non-hydrogen) atoms. The van der Waals surface area contributed by atoms with Crippen LogP contribution in [0.15, 0.2) is 147 Å². The summed E-state index contributed by atoms with van der Waals surface area (Å²) in [5.41, 5.74) is 10.1. The van der Waals surface area contributed by atoms with Gasteiger partial charge in [-0.15, -0.1) is 0 Å². The highest BCUT2D eigenvalue weighted by molar-refractivity contribution is 6.08. The van der Waals surface area contributed by atoms with Crippen LogP contribution in [0.5, 0.6) is 0 Å².